The Hall–Kier alpha value is -0.920. The molecule has 0 aliphatic heterocycles. The number of sulfonamides is 1. The van der Waals surface area contributed by atoms with Crippen LogP contribution in [0.2, 0.25) is 4.34 Å². The van der Waals surface area contributed by atoms with E-state index in [0.717, 1.165) is 16.9 Å². The SMILES string of the molecule is NS(=O)(=O)c1sc(Cl)cc1[C@@H](CO)Cc1ccccc1. The van der Waals surface area contributed by atoms with E-state index in [2.05, 4.69) is 0 Å². The van der Waals surface area contributed by atoms with Crippen LogP contribution < -0.4 is 5.14 Å². The van der Waals surface area contributed by atoms with Crippen LogP contribution in [0.5, 0.6) is 0 Å². The fourth-order valence-electron chi connectivity index (χ4n) is 2.04. The summed E-state index contributed by atoms with van der Waals surface area (Å²) in [6.07, 6.45) is 0.521. The van der Waals surface area contributed by atoms with Gasteiger partial charge in [-0.1, -0.05) is 41.9 Å². The van der Waals surface area contributed by atoms with Crippen LogP contribution in [0.1, 0.15) is 17.0 Å². The number of thiophene rings is 1. The van der Waals surface area contributed by atoms with Crippen molar-refractivity contribution in [3.05, 3.63) is 51.9 Å². The minimum Gasteiger partial charge on any atom is -0.396 e. The number of aliphatic hydroxyl groups excluding tert-OH is 1. The number of rotatable bonds is 5. The first-order chi connectivity index (χ1) is 9.41. The standard InChI is InChI=1S/C13H14ClNO3S2/c14-12-7-11(13(19-12)20(15,17)18)10(8-16)6-9-4-2-1-3-5-9/h1-5,7,10,16H,6,8H2,(H2,15,17,18)/t10-/m1/s1. The van der Waals surface area contributed by atoms with E-state index < -0.39 is 10.0 Å². The van der Waals surface area contributed by atoms with E-state index in [4.69, 9.17) is 16.7 Å². The maximum atomic E-state index is 11.6. The Balaban J connectivity index is 2.38. The largest absolute Gasteiger partial charge is 0.396 e. The Morgan fingerprint density at radius 2 is 1.95 bits per heavy atom. The molecule has 20 heavy (non-hydrogen) atoms. The van der Waals surface area contributed by atoms with Gasteiger partial charge in [0.1, 0.15) is 4.21 Å². The number of hydrogen-bond acceptors (Lipinski definition) is 4. The van der Waals surface area contributed by atoms with E-state index in [1.165, 1.54) is 0 Å². The summed E-state index contributed by atoms with van der Waals surface area (Å²) < 4.78 is 23.5. The van der Waals surface area contributed by atoms with Crippen molar-refractivity contribution >= 4 is 33.0 Å². The molecule has 1 heterocycles. The van der Waals surface area contributed by atoms with Crippen LogP contribution in [0, 0.1) is 0 Å². The molecule has 108 valence electrons. The lowest BCUT2D eigenvalue weighted by atomic mass is 9.95. The molecule has 2 aromatic rings. The molecule has 0 saturated carbocycles. The first-order valence-electron chi connectivity index (χ1n) is 5.88. The summed E-state index contributed by atoms with van der Waals surface area (Å²) in [6.45, 7) is -0.176. The molecule has 0 amide bonds. The van der Waals surface area contributed by atoms with Gasteiger partial charge in [-0.2, -0.15) is 0 Å². The summed E-state index contributed by atoms with van der Waals surface area (Å²) >= 11 is 6.81. The molecule has 2 rings (SSSR count). The van der Waals surface area contributed by atoms with E-state index in [0.29, 0.717) is 16.3 Å². The lowest BCUT2D eigenvalue weighted by molar-refractivity contribution is 0.263. The van der Waals surface area contributed by atoms with Crippen LogP contribution in [-0.2, 0) is 16.4 Å². The first-order valence-corrected chi connectivity index (χ1v) is 8.62. The van der Waals surface area contributed by atoms with E-state index >= 15 is 0 Å². The van der Waals surface area contributed by atoms with E-state index in [1.54, 1.807) is 6.07 Å². The van der Waals surface area contributed by atoms with Crippen molar-refractivity contribution < 1.29 is 13.5 Å². The molecular weight excluding hydrogens is 318 g/mol. The molecule has 1 atom stereocenters. The number of benzene rings is 1. The highest BCUT2D eigenvalue weighted by molar-refractivity contribution is 7.91. The normalized spacial score (nSPS) is 13.3. The topological polar surface area (TPSA) is 80.4 Å². The van der Waals surface area contributed by atoms with Crippen molar-refractivity contribution in [1.82, 2.24) is 0 Å². The van der Waals surface area contributed by atoms with Crippen LogP contribution in [0.3, 0.4) is 0 Å². The van der Waals surface area contributed by atoms with Crippen molar-refractivity contribution in [2.24, 2.45) is 5.14 Å². The molecule has 1 aromatic carbocycles. The van der Waals surface area contributed by atoms with Gasteiger partial charge < -0.3 is 5.11 Å². The van der Waals surface area contributed by atoms with Crippen LogP contribution >= 0.6 is 22.9 Å². The number of nitrogens with two attached hydrogens (primary N) is 1. The molecule has 0 spiro atoms. The van der Waals surface area contributed by atoms with Gasteiger partial charge in [0.2, 0.25) is 10.0 Å². The van der Waals surface area contributed by atoms with Crippen LogP contribution in [0.25, 0.3) is 0 Å². The highest BCUT2D eigenvalue weighted by atomic mass is 35.5. The van der Waals surface area contributed by atoms with Gasteiger partial charge in [0.15, 0.2) is 0 Å². The lowest BCUT2D eigenvalue weighted by Gasteiger charge is -2.14. The van der Waals surface area contributed by atoms with E-state index in [9.17, 15) is 13.5 Å². The third-order valence-electron chi connectivity index (χ3n) is 2.94. The number of hydrogen-bond donors (Lipinski definition) is 2. The molecule has 0 fully saturated rings. The quantitative estimate of drug-likeness (QED) is 0.882. The second-order valence-electron chi connectivity index (χ2n) is 4.41. The molecule has 0 saturated heterocycles. The van der Waals surface area contributed by atoms with Crippen LogP contribution in [0.4, 0.5) is 0 Å². The fraction of sp³-hybridized carbons (Fsp3) is 0.231. The van der Waals surface area contributed by atoms with Gasteiger partial charge in [0.25, 0.3) is 0 Å². The van der Waals surface area contributed by atoms with Gasteiger partial charge in [0.05, 0.1) is 10.9 Å². The highest BCUT2D eigenvalue weighted by Gasteiger charge is 2.24. The zero-order chi connectivity index (χ0) is 14.8. The molecule has 4 nitrogen and oxygen atoms in total. The first kappa shape index (κ1) is 15.5. The fourth-order valence-corrected chi connectivity index (χ4v) is 4.52. The summed E-state index contributed by atoms with van der Waals surface area (Å²) in [5.41, 5.74) is 1.49. The average Bonchev–Trinajstić information content (AvgIpc) is 2.79. The maximum Gasteiger partial charge on any atom is 0.247 e. The third kappa shape index (κ3) is 3.59. The molecule has 0 aliphatic carbocycles. The predicted molar refractivity (Wildman–Crippen MR) is 80.7 cm³/mol. The Morgan fingerprint density at radius 1 is 1.30 bits per heavy atom. The van der Waals surface area contributed by atoms with E-state index in [1.807, 2.05) is 30.3 Å². The lowest BCUT2D eigenvalue weighted by Crippen LogP contribution is -2.16. The van der Waals surface area contributed by atoms with Gasteiger partial charge in [0, 0.05) is 5.92 Å². The van der Waals surface area contributed by atoms with Gasteiger partial charge >= 0.3 is 0 Å². The van der Waals surface area contributed by atoms with Crippen LogP contribution in [0.15, 0.2) is 40.6 Å². The Morgan fingerprint density at radius 3 is 2.50 bits per heavy atom. The molecule has 1 aromatic heterocycles. The average molecular weight is 332 g/mol. The summed E-state index contributed by atoms with van der Waals surface area (Å²) in [5.74, 6) is -0.352. The Kier molecular flexibility index (Phi) is 4.82. The summed E-state index contributed by atoms with van der Waals surface area (Å²) in [5, 5.41) is 14.8. The second-order valence-corrected chi connectivity index (χ2v) is 7.85. The zero-order valence-corrected chi connectivity index (χ0v) is 12.9. The van der Waals surface area contributed by atoms with Crippen molar-refractivity contribution in [2.45, 2.75) is 16.5 Å². The summed E-state index contributed by atoms with van der Waals surface area (Å²) in [6, 6.07) is 11.1. The molecule has 0 radical (unpaired) electrons. The van der Waals surface area contributed by atoms with Gasteiger partial charge in [-0.15, -0.1) is 11.3 Å². The number of primary sulfonamides is 1. The minimum absolute atomic E-state index is 0.0254. The minimum atomic E-state index is -3.84. The van der Waals surface area contributed by atoms with Crippen molar-refractivity contribution in [2.75, 3.05) is 6.61 Å². The van der Waals surface area contributed by atoms with Crippen molar-refractivity contribution in [3.8, 4) is 0 Å². The third-order valence-corrected chi connectivity index (χ3v) is 5.71. The second kappa shape index (κ2) is 6.24. The van der Waals surface area contributed by atoms with Crippen molar-refractivity contribution in [3.63, 3.8) is 0 Å². The summed E-state index contributed by atoms with van der Waals surface area (Å²) in [7, 11) is -3.84. The number of aliphatic hydroxyl groups is 1. The molecular formula is C13H14ClNO3S2. The monoisotopic (exact) mass is 331 g/mol. The molecule has 0 unspecified atom stereocenters. The Labute approximate surface area is 126 Å². The molecule has 0 aliphatic rings. The predicted octanol–water partition coefficient (Wildman–Crippen LogP) is 2.37. The van der Waals surface area contributed by atoms with Crippen molar-refractivity contribution in [1.29, 1.82) is 0 Å². The van der Waals surface area contributed by atoms with Crippen LogP contribution in [-0.4, -0.2) is 20.1 Å². The van der Waals surface area contributed by atoms with Gasteiger partial charge in [-0.3, -0.25) is 0 Å². The smallest absolute Gasteiger partial charge is 0.247 e. The molecule has 7 heteroatoms. The van der Waals surface area contributed by atoms with Gasteiger partial charge in [-0.25, -0.2) is 13.6 Å². The summed E-state index contributed by atoms with van der Waals surface area (Å²) in [4.78, 5) is 0. The van der Waals surface area contributed by atoms with Gasteiger partial charge in [-0.05, 0) is 23.6 Å². The molecule has 0 bridgehead atoms. The van der Waals surface area contributed by atoms with E-state index in [-0.39, 0.29) is 16.7 Å². The maximum absolute atomic E-state index is 11.6. The Bertz CT molecular complexity index is 683. The number of halogens is 1. The highest BCUT2D eigenvalue weighted by Crippen LogP contribution is 2.35. The zero-order valence-electron chi connectivity index (χ0n) is 10.5. The molecule has 3 N–H and O–H groups in total.